The molecule has 1 saturated carbocycles. The molecule has 0 aromatic carbocycles. The molecule has 0 unspecified atom stereocenters. The Morgan fingerprint density at radius 3 is 2.59 bits per heavy atom. The van der Waals surface area contributed by atoms with E-state index >= 15 is 0 Å². The van der Waals surface area contributed by atoms with E-state index in [1.165, 1.54) is 6.42 Å². The Labute approximate surface area is 133 Å². The molecule has 3 rings (SSSR count). The van der Waals surface area contributed by atoms with Gasteiger partial charge in [0.1, 0.15) is 5.82 Å². The van der Waals surface area contributed by atoms with Crippen molar-refractivity contribution in [3.63, 3.8) is 0 Å². The molecule has 0 radical (unpaired) electrons. The van der Waals surface area contributed by atoms with Crippen molar-refractivity contribution in [2.45, 2.75) is 45.4 Å². The minimum Gasteiger partial charge on any atom is -0.461 e. The van der Waals surface area contributed by atoms with Crippen LogP contribution in [0.5, 0.6) is 0 Å². The Hall–Kier alpha value is -1.82. The fourth-order valence-corrected chi connectivity index (χ4v) is 3.55. The molecule has 0 N–H and O–H groups in total. The van der Waals surface area contributed by atoms with E-state index in [1.807, 2.05) is 6.92 Å². The van der Waals surface area contributed by atoms with Crippen LogP contribution in [0.25, 0.3) is 10.4 Å². The van der Waals surface area contributed by atoms with Gasteiger partial charge in [0.05, 0.1) is 16.5 Å². The molecule has 5 nitrogen and oxygen atoms in total. The molecule has 22 heavy (non-hydrogen) atoms. The molecule has 6 heteroatoms. The van der Waals surface area contributed by atoms with E-state index in [4.69, 9.17) is 4.74 Å². The predicted octanol–water partition coefficient (Wildman–Crippen LogP) is 3.61. The number of rotatable bonds is 5. The molecule has 116 valence electrons. The van der Waals surface area contributed by atoms with Crippen molar-refractivity contribution in [3.8, 4) is 10.4 Å². The lowest BCUT2D eigenvalue weighted by molar-refractivity contribution is 0.0521. The highest BCUT2D eigenvalue weighted by Crippen LogP contribution is 2.41. The van der Waals surface area contributed by atoms with Crippen molar-refractivity contribution in [1.82, 2.24) is 15.0 Å². The summed E-state index contributed by atoms with van der Waals surface area (Å²) >= 11 is 1.57. The third kappa shape index (κ3) is 2.88. The second-order valence-corrected chi connectivity index (χ2v) is 6.35. The zero-order valence-electron chi connectivity index (χ0n) is 12.8. The van der Waals surface area contributed by atoms with Crippen LogP contribution < -0.4 is 0 Å². The van der Waals surface area contributed by atoms with Gasteiger partial charge in [0.2, 0.25) is 0 Å². The van der Waals surface area contributed by atoms with Crippen LogP contribution in [0.4, 0.5) is 0 Å². The quantitative estimate of drug-likeness (QED) is 0.788. The lowest BCUT2D eigenvalue weighted by Gasteiger charge is -2.22. The summed E-state index contributed by atoms with van der Waals surface area (Å²) in [4.78, 5) is 26.2. The van der Waals surface area contributed by atoms with Gasteiger partial charge < -0.3 is 4.74 Å². The average Bonchev–Trinajstić information content (AvgIpc) is 2.90. The second-order valence-electron chi connectivity index (χ2n) is 5.32. The Bertz CT molecular complexity index is 663. The highest BCUT2D eigenvalue weighted by molar-refractivity contribution is 7.15. The van der Waals surface area contributed by atoms with Crippen LogP contribution in [-0.2, 0) is 11.2 Å². The van der Waals surface area contributed by atoms with Gasteiger partial charge in [0, 0.05) is 30.3 Å². The lowest BCUT2D eigenvalue weighted by Crippen LogP contribution is -2.10. The SMILES string of the molecule is CCOC(=O)c1nc(C2CCC2)sc1-c1cnc(CC)nc1. The number of carbonyl (C=O) groups is 1. The molecular formula is C16H19N3O2S. The van der Waals surface area contributed by atoms with Gasteiger partial charge in [-0.3, -0.25) is 0 Å². The maximum atomic E-state index is 12.2. The van der Waals surface area contributed by atoms with Gasteiger partial charge in [-0.05, 0) is 19.8 Å². The van der Waals surface area contributed by atoms with Gasteiger partial charge in [0.25, 0.3) is 0 Å². The number of thiazole rings is 1. The number of hydrogen-bond acceptors (Lipinski definition) is 6. The summed E-state index contributed by atoms with van der Waals surface area (Å²) in [6, 6.07) is 0. The third-order valence-corrected chi connectivity index (χ3v) is 5.12. The van der Waals surface area contributed by atoms with Crippen molar-refractivity contribution >= 4 is 17.3 Å². The molecule has 2 aromatic rings. The Balaban J connectivity index is 1.98. The molecule has 0 amide bonds. The van der Waals surface area contributed by atoms with Crippen LogP contribution >= 0.6 is 11.3 Å². The second kappa shape index (κ2) is 6.52. The standard InChI is InChI=1S/C16H19N3O2S/c1-3-12-17-8-11(9-18-12)14-13(16(20)21-4-2)19-15(22-14)10-6-5-7-10/h8-10H,3-7H2,1-2H3. The largest absolute Gasteiger partial charge is 0.461 e. The van der Waals surface area contributed by atoms with Gasteiger partial charge in [-0.25, -0.2) is 19.7 Å². The van der Waals surface area contributed by atoms with E-state index in [0.29, 0.717) is 18.2 Å². The molecule has 0 atom stereocenters. The maximum absolute atomic E-state index is 12.2. The van der Waals surface area contributed by atoms with E-state index in [1.54, 1.807) is 30.7 Å². The van der Waals surface area contributed by atoms with Gasteiger partial charge in [0.15, 0.2) is 5.69 Å². The summed E-state index contributed by atoms with van der Waals surface area (Å²) in [5.41, 5.74) is 1.24. The van der Waals surface area contributed by atoms with Gasteiger partial charge in [-0.1, -0.05) is 13.3 Å². The van der Waals surface area contributed by atoms with E-state index in [0.717, 1.165) is 40.5 Å². The third-order valence-electron chi connectivity index (χ3n) is 3.85. The molecular weight excluding hydrogens is 298 g/mol. The highest BCUT2D eigenvalue weighted by Gasteiger charge is 2.28. The van der Waals surface area contributed by atoms with Crippen molar-refractivity contribution in [1.29, 1.82) is 0 Å². The first-order valence-corrected chi connectivity index (χ1v) is 8.53. The normalized spacial score (nSPS) is 14.6. The van der Waals surface area contributed by atoms with Gasteiger partial charge in [-0.15, -0.1) is 11.3 Å². The van der Waals surface area contributed by atoms with Gasteiger partial charge >= 0.3 is 5.97 Å². The number of carbonyl (C=O) groups excluding carboxylic acids is 1. The summed E-state index contributed by atoms with van der Waals surface area (Å²) in [6.45, 7) is 4.16. The molecule has 1 aliphatic rings. The number of aromatic nitrogens is 3. The van der Waals surface area contributed by atoms with E-state index in [9.17, 15) is 4.79 Å². The summed E-state index contributed by atoms with van der Waals surface area (Å²) in [5.74, 6) is 0.923. The fourth-order valence-electron chi connectivity index (χ4n) is 2.35. The number of aryl methyl sites for hydroxylation is 1. The number of nitrogens with zero attached hydrogens (tertiary/aromatic N) is 3. The number of hydrogen-bond donors (Lipinski definition) is 0. The molecule has 0 spiro atoms. The minimum atomic E-state index is -0.362. The van der Waals surface area contributed by atoms with Crippen molar-refractivity contribution < 1.29 is 9.53 Å². The van der Waals surface area contributed by atoms with Crippen LogP contribution in [0, 0.1) is 0 Å². The molecule has 1 aliphatic carbocycles. The monoisotopic (exact) mass is 317 g/mol. The summed E-state index contributed by atoms with van der Waals surface area (Å²) in [6.07, 6.45) is 7.88. The van der Waals surface area contributed by atoms with Crippen LogP contribution in [0.1, 0.15) is 60.3 Å². The summed E-state index contributed by atoms with van der Waals surface area (Å²) < 4.78 is 5.14. The van der Waals surface area contributed by atoms with Crippen LogP contribution in [0.2, 0.25) is 0 Å². The molecule has 2 heterocycles. The molecule has 1 fully saturated rings. The maximum Gasteiger partial charge on any atom is 0.358 e. The Kier molecular flexibility index (Phi) is 4.47. The smallest absolute Gasteiger partial charge is 0.358 e. The first-order chi connectivity index (χ1) is 10.7. The Morgan fingerprint density at radius 1 is 1.32 bits per heavy atom. The zero-order valence-corrected chi connectivity index (χ0v) is 13.7. The first-order valence-electron chi connectivity index (χ1n) is 7.72. The lowest BCUT2D eigenvalue weighted by atomic mass is 9.86. The molecule has 0 aliphatic heterocycles. The Morgan fingerprint density at radius 2 is 2.05 bits per heavy atom. The molecule has 0 saturated heterocycles. The topological polar surface area (TPSA) is 65.0 Å². The minimum absolute atomic E-state index is 0.347. The number of ether oxygens (including phenoxy) is 1. The fraction of sp³-hybridized carbons (Fsp3) is 0.500. The highest BCUT2D eigenvalue weighted by atomic mass is 32.1. The summed E-state index contributed by atoms with van der Waals surface area (Å²) in [7, 11) is 0. The van der Waals surface area contributed by atoms with Crippen molar-refractivity contribution in [2.75, 3.05) is 6.61 Å². The zero-order chi connectivity index (χ0) is 15.5. The summed E-state index contributed by atoms with van der Waals surface area (Å²) in [5, 5.41) is 1.03. The number of esters is 1. The van der Waals surface area contributed by atoms with E-state index < -0.39 is 0 Å². The average molecular weight is 317 g/mol. The van der Waals surface area contributed by atoms with E-state index in [-0.39, 0.29) is 5.97 Å². The van der Waals surface area contributed by atoms with Crippen LogP contribution in [0.15, 0.2) is 12.4 Å². The predicted molar refractivity (Wildman–Crippen MR) is 85.1 cm³/mol. The van der Waals surface area contributed by atoms with Crippen molar-refractivity contribution in [2.24, 2.45) is 0 Å². The van der Waals surface area contributed by atoms with Gasteiger partial charge in [-0.2, -0.15) is 0 Å². The van der Waals surface area contributed by atoms with Crippen molar-refractivity contribution in [3.05, 3.63) is 28.9 Å². The molecule has 2 aromatic heterocycles. The molecule has 0 bridgehead atoms. The first kappa shape index (κ1) is 15.1. The van der Waals surface area contributed by atoms with E-state index in [2.05, 4.69) is 15.0 Å². The van der Waals surface area contributed by atoms with Crippen LogP contribution in [0.3, 0.4) is 0 Å². The van der Waals surface area contributed by atoms with Crippen LogP contribution in [-0.4, -0.2) is 27.5 Å².